The van der Waals surface area contributed by atoms with E-state index in [0.29, 0.717) is 5.56 Å². The van der Waals surface area contributed by atoms with E-state index >= 15 is 0 Å². The number of carbonyl (C=O) groups excluding carboxylic acids is 1. The number of esters is 1. The summed E-state index contributed by atoms with van der Waals surface area (Å²) in [5.41, 5.74) is -2.63. The monoisotopic (exact) mass is 362 g/mol. The third-order valence-corrected chi connectivity index (χ3v) is 4.34. The normalized spacial score (nSPS) is 25.2. The van der Waals surface area contributed by atoms with Gasteiger partial charge in [-0.25, -0.2) is 14.0 Å². The summed E-state index contributed by atoms with van der Waals surface area (Å²) in [5.74, 6) is -0.530. The number of benzene rings is 1. The van der Waals surface area contributed by atoms with Gasteiger partial charge in [0, 0.05) is 25.7 Å². The Balaban J connectivity index is 1.72. The molecule has 1 aliphatic heterocycles. The first-order chi connectivity index (χ1) is 12.3. The predicted molar refractivity (Wildman–Crippen MR) is 90.7 cm³/mol. The maximum Gasteiger partial charge on any atom is 0.338 e. The zero-order valence-electron chi connectivity index (χ0n) is 14.4. The fourth-order valence-corrected chi connectivity index (χ4v) is 2.96. The SMILES string of the molecule is Cn1c(=O)ccn(C2OC(COC(=O)c3ccccc3)CC2(C)F)c1=O. The van der Waals surface area contributed by atoms with E-state index in [-0.39, 0.29) is 13.0 Å². The number of alkyl halides is 1. The molecule has 0 radical (unpaired) electrons. The molecule has 26 heavy (non-hydrogen) atoms. The van der Waals surface area contributed by atoms with E-state index in [1.165, 1.54) is 26.2 Å². The molecule has 1 saturated heterocycles. The summed E-state index contributed by atoms with van der Waals surface area (Å²) in [7, 11) is 1.31. The number of nitrogens with zero attached hydrogens (tertiary/aromatic N) is 2. The lowest BCUT2D eigenvalue weighted by atomic mass is 10.0. The highest BCUT2D eigenvalue weighted by atomic mass is 19.1. The van der Waals surface area contributed by atoms with Crippen molar-refractivity contribution in [3.63, 3.8) is 0 Å². The molecule has 0 saturated carbocycles. The zero-order chi connectivity index (χ0) is 18.9. The minimum atomic E-state index is -1.86. The molecule has 1 aromatic heterocycles. The van der Waals surface area contributed by atoms with Crippen LogP contribution in [0.15, 0.2) is 52.2 Å². The molecule has 2 heterocycles. The molecular weight excluding hydrogens is 343 g/mol. The summed E-state index contributed by atoms with van der Waals surface area (Å²) in [5, 5.41) is 0. The molecule has 0 spiro atoms. The molecule has 3 rings (SSSR count). The fraction of sp³-hybridized carbons (Fsp3) is 0.389. The highest BCUT2D eigenvalue weighted by Gasteiger charge is 2.47. The Kier molecular flexibility index (Phi) is 4.78. The first-order valence-corrected chi connectivity index (χ1v) is 8.14. The van der Waals surface area contributed by atoms with Crippen LogP contribution in [-0.2, 0) is 16.5 Å². The van der Waals surface area contributed by atoms with E-state index in [1.807, 2.05) is 0 Å². The minimum Gasteiger partial charge on any atom is -0.459 e. The molecule has 3 atom stereocenters. The second-order valence-corrected chi connectivity index (χ2v) is 6.46. The Hall–Kier alpha value is -2.74. The molecule has 2 aromatic rings. The molecule has 7 nitrogen and oxygen atoms in total. The van der Waals surface area contributed by atoms with Crippen LogP contribution in [0.1, 0.15) is 29.9 Å². The van der Waals surface area contributed by atoms with Crippen molar-refractivity contribution in [1.29, 1.82) is 0 Å². The smallest absolute Gasteiger partial charge is 0.338 e. The zero-order valence-corrected chi connectivity index (χ0v) is 14.4. The second kappa shape index (κ2) is 6.87. The lowest BCUT2D eigenvalue weighted by Crippen LogP contribution is -2.42. The molecule has 0 N–H and O–H groups in total. The van der Waals surface area contributed by atoms with E-state index in [1.54, 1.807) is 30.3 Å². The van der Waals surface area contributed by atoms with Crippen molar-refractivity contribution < 1.29 is 18.7 Å². The first-order valence-electron chi connectivity index (χ1n) is 8.14. The highest BCUT2D eigenvalue weighted by Crippen LogP contribution is 2.40. The van der Waals surface area contributed by atoms with E-state index in [2.05, 4.69) is 0 Å². The summed E-state index contributed by atoms with van der Waals surface area (Å²) in [6.45, 7) is 1.18. The molecule has 1 fully saturated rings. The van der Waals surface area contributed by atoms with Crippen molar-refractivity contribution >= 4 is 5.97 Å². The number of hydrogen-bond acceptors (Lipinski definition) is 5. The quantitative estimate of drug-likeness (QED) is 0.769. The predicted octanol–water partition coefficient (Wildman–Crippen LogP) is 1.42. The number of aromatic nitrogens is 2. The molecule has 0 amide bonds. The van der Waals surface area contributed by atoms with Crippen molar-refractivity contribution in [2.45, 2.75) is 31.3 Å². The van der Waals surface area contributed by atoms with Gasteiger partial charge in [0.05, 0.1) is 11.7 Å². The van der Waals surface area contributed by atoms with Crippen molar-refractivity contribution in [2.24, 2.45) is 7.05 Å². The van der Waals surface area contributed by atoms with Gasteiger partial charge >= 0.3 is 11.7 Å². The van der Waals surface area contributed by atoms with Crippen LogP contribution < -0.4 is 11.2 Å². The van der Waals surface area contributed by atoms with Gasteiger partial charge in [-0.3, -0.25) is 13.9 Å². The average Bonchev–Trinajstić information content (AvgIpc) is 2.93. The van der Waals surface area contributed by atoms with Crippen LogP contribution in [0.4, 0.5) is 4.39 Å². The number of rotatable bonds is 4. The van der Waals surface area contributed by atoms with E-state index in [0.717, 1.165) is 9.13 Å². The number of halogens is 1. The van der Waals surface area contributed by atoms with Gasteiger partial charge in [-0.15, -0.1) is 0 Å². The Labute approximate surface area is 148 Å². The van der Waals surface area contributed by atoms with Crippen molar-refractivity contribution in [1.82, 2.24) is 9.13 Å². The molecule has 8 heteroatoms. The maximum absolute atomic E-state index is 15.0. The lowest BCUT2D eigenvalue weighted by Gasteiger charge is -2.23. The second-order valence-electron chi connectivity index (χ2n) is 6.46. The summed E-state index contributed by atoms with van der Waals surface area (Å²) in [6, 6.07) is 9.60. The first kappa shape index (κ1) is 18.1. The summed E-state index contributed by atoms with van der Waals surface area (Å²) < 4.78 is 27.7. The van der Waals surface area contributed by atoms with Crippen molar-refractivity contribution in [2.75, 3.05) is 6.61 Å². The molecular formula is C18H19FN2O5. The van der Waals surface area contributed by atoms with Gasteiger partial charge in [0.2, 0.25) is 0 Å². The largest absolute Gasteiger partial charge is 0.459 e. The lowest BCUT2D eigenvalue weighted by molar-refractivity contribution is -0.0648. The molecule has 3 unspecified atom stereocenters. The Morgan fingerprint density at radius 2 is 2.00 bits per heavy atom. The Morgan fingerprint density at radius 1 is 1.31 bits per heavy atom. The van der Waals surface area contributed by atoms with Crippen LogP contribution in [0.25, 0.3) is 0 Å². The van der Waals surface area contributed by atoms with Gasteiger partial charge in [-0.05, 0) is 19.1 Å². The number of hydrogen-bond donors (Lipinski definition) is 0. The van der Waals surface area contributed by atoms with Crippen LogP contribution in [0.3, 0.4) is 0 Å². The molecule has 0 bridgehead atoms. The molecule has 1 aliphatic rings. The van der Waals surface area contributed by atoms with Crippen LogP contribution in [0.5, 0.6) is 0 Å². The van der Waals surface area contributed by atoms with Gasteiger partial charge in [-0.2, -0.15) is 0 Å². The van der Waals surface area contributed by atoms with Gasteiger partial charge in [-0.1, -0.05) is 18.2 Å². The maximum atomic E-state index is 15.0. The van der Waals surface area contributed by atoms with E-state index in [9.17, 15) is 18.8 Å². The van der Waals surface area contributed by atoms with Gasteiger partial charge in [0.15, 0.2) is 11.9 Å². The molecule has 138 valence electrons. The topological polar surface area (TPSA) is 79.5 Å². The summed E-state index contributed by atoms with van der Waals surface area (Å²) in [4.78, 5) is 35.7. The van der Waals surface area contributed by atoms with Gasteiger partial charge in [0.1, 0.15) is 6.61 Å². The average molecular weight is 362 g/mol. The Bertz CT molecular complexity index is 919. The molecule has 1 aromatic carbocycles. The summed E-state index contributed by atoms with van der Waals surface area (Å²) in [6.07, 6.45) is -0.741. The van der Waals surface area contributed by atoms with Crippen molar-refractivity contribution in [3.8, 4) is 0 Å². The third kappa shape index (κ3) is 3.45. The Morgan fingerprint density at radius 3 is 2.69 bits per heavy atom. The van der Waals surface area contributed by atoms with Crippen molar-refractivity contribution in [3.05, 3.63) is 69.0 Å². The van der Waals surface area contributed by atoms with Crippen LogP contribution in [0, 0.1) is 0 Å². The summed E-state index contributed by atoms with van der Waals surface area (Å²) >= 11 is 0. The number of ether oxygens (including phenoxy) is 2. The molecule has 0 aliphatic carbocycles. The van der Waals surface area contributed by atoms with Crippen LogP contribution in [-0.4, -0.2) is 33.5 Å². The number of carbonyl (C=O) groups is 1. The minimum absolute atomic E-state index is 0.0466. The van der Waals surface area contributed by atoms with Gasteiger partial charge in [0.25, 0.3) is 5.56 Å². The highest BCUT2D eigenvalue weighted by molar-refractivity contribution is 5.89. The van der Waals surface area contributed by atoms with Crippen LogP contribution in [0.2, 0.25) is 0 Å². The van der Waals surface area contributed by atoms with Gasteiger partial charge < -0.3 is 9.47 Å². The van der Waals surface area contributed by atoms with E-state index < -0.39 is 35.2 Å². The fourth-order valence-electron chi connectivity index (χ4n) is 2.96. The standard InChI is InChI=1S/C18H19FN2O5/c1-18(19)10-13(11-25-15(23)12-6-4-3-5-7-12)26-16(18)21-9-8-14(22)20(2)17(21)24/h3-9,13,16H,10-11H2,1-2H3. The third-order valence-electron chi connectivity index (χ3n) is 4.34. The van der Waals surface area contributed by atoms with E-state index in [4.69, 9.17) is 9.47 Å². The van der Waals surface area contributed by atoms with Crippen LogP contribution >= 0.6 is 0 Å².